The van der Waals surface area contributed by atoms with Crippen molar-refractivity contribution in [1.82, 2.24) is 4.98 Å². The monoisotopic (exact) mass is 557 g/mol. The van der Waals surface area contributed by atoms with Crippen molar-refractivity contribution in [2.24, 2.45) is 0 Å². The molecule has 0 bridgehead atoms. The van der Waals surface area contributed by atoms with Gasteiger partial charge in [-0.2, -0.15) is 0 Å². The highest BCUT2D eigenvalue weighted by Gasteiger charge is 2.57. The molecule has 0 radical (unpaired) electrons. The number of para-hydroxylation sites is 1. The van der Waals surface area contributed by atoms with Crippen molar-refractivity contribution < 1.29 is 51.3 Å². The molecule has 1 aromatic heterocycles. The molecule has 1 aliphatic rings. The molecule has 0 N–H and O–H groups in total. The van der Waals surface area contributed by atoms with Gasteiger partial charge < -0.3 is 23.7 Å². The van der Waals surface area contributed by atoms with Crippen molar-refractivity contribution in [2.45, 2.75) is 61.9 Å². The fourth-order valence-electron chi connectivity index (χ4n) is 3.66. The Morgan fingerprint density at radius 3 is 2.05 bits per heavy atom. The standard InChI is InChI=1S/C22H23NO12S2/c1-10(24)31-9-16-17(32-11(2)25)18(33-12(3)26)19(34-13(4)27)21(35-16)37(29,30)22-23-15-8-6-5-7-14(15)20(28)36-22/h5-8,16-19,21H,9H2,1-4H3/t16-,17-,18+,19+,21+/m0/s1. The van der Waals surface area contributed by atoms with Crippen molar-refractivity contribution in [3.05, 3.63) is 33.8 Å². The number of carbonyl (C=O) groups excluding carboxylic acids is 4. The van der Waals surface area contributed by atoms with Gasteiger partial charge in [0.25, 0.3) is 0 Å². The molecule has 3 rings (SSSR count). The number of aromatic nitrogens is 1. The minimum absolute atomic E-state index is 0.0930. The molecule has 2 heterocycles. The van der Waals surface area contributed by atoms with Crippen LogP contribution in [-0.2, 0) is 52.7 Å². The van der Waals surface area contributed by atoms with Crippen LogP contribution in [0, 0.1) is 0 Å². The number of fused-ring (bicyclic) bond motifs is 1. The second-order valence-corrected chi connectivity index (χ2v) is 11.1. The highest BCUT2D eigenvalue weighted by molar-refractivity contribution is 7.93. The lowest BCUT2D eigenvalue weighted by Crippen LogP contribution is -2.64. The van der Waals surface area contributed by atoms with E-state index in [-0.39, 0.29) is 10.9 Å². The van der Waals surface area contributed by atoms with E-state index in [1.807, 2.05) is 0 Å². The molecule has 15 heteroatoms. The third kappa shape index (κ3) is 6.47. The number of rotatable bonds is 7. The quantitative estimate of drug-likeness (QED) is 0.340. The number of hydrogen-bond donors (Lipinski definition) is 0. The van der Waals surface area contributed by atoms with Crippen LogP contribution < -0.4 is 4.74 Å². The number of benzene rings is 1. The zero-order valence-electron chi connectivity index (χ0n) is 20.1. The van der Waals surface area contributed by atoms with Crippen LogP contribution in [-0.4, -0.2) is 73.7 Å². The molecule has 5 atom stereocenters. The summed E-state index contributed by atoms with van der Waals surface area (Å²) in [5.74, 6) is -3.51. The number of esters is 4. The first-order valence-electron chi connectivity index (χ1n) is 10.8. The molecule has 1 saturated heterocycles. The maximum atomic E-state index is 13.8. The van der Waals surface area contributed by atoms with Crippen LogP contribution in [0.25, 0.3) is 10.9 Å². The average Bonchev–Trinajstić information content (AvgIpc) is 2.79. The average molecular weight is 558 g/mol. The predicted molar refractivity (Wildman–Crippen MR) is 125 cm³/mol. The maximum Gasteiger partial charge on any atom is 0.303 e. The Balaban J connectivity index is 2.18. The van der Waals surface area contributed by atoms with E-state index in [1.165, 1.54) is 12.1 Å². The van der Waals surface area contributed by atoms with Gasteiger partial charge in [-0.3, -0.25) is 24.0 Å². The van der Waals surface area contributed by atoms with Gasteiger partial charge in [-0.15, -0.1) is 0 Å². The lowest BCUT2D eigenvalue weighted by Gasteiger charge is -2.43. The summed E-state index contributed by atoms with van der Waals surface area (Å²) in [6, 6.07) is 6.07. The maximum absolute atomic E-state index is 13.8. The molecular weight excluding hydrogens is 534 g/mol. The Labute approximate surface area is 214 Å². The molecule has 1 aromatic carbocycles. The van der Waals surface area contributed by atoms with Gasteiger partial charge in [0.2, 0.25) is 24.4 Å². The fraction of sp³-hybridized carbons (Fsp3) is 0.455. The van der Waals surface area contributed by atoms with Crippen molar-refractivity contribution in [3.63, 3.8) is 0 Å². The predicted octanol–water partition coefficient (Wildman–Crippen LogP) is 0.513. The van der Waals surface area contributed by atoms with E-state index in [2.05, 4.69) is 4.98 Å². The smallest absolute Gasteiger partial charge is 0.303 e. The molecule has 0 saturated carbocycles. The van der Waals surface area contributed by atoms with E-state index < -0.39 is 79.3 Å². The lowest BCUT2D eigenvalue weighted by atomic mass is 9.99. The van der Waals surface area contributed by atoms with Crippen molar-refractivity contribution in [3.8, 4) is 0 Å². The SMILES string of the molecule is CC(=O)OC[C@@H]1O[C@H](S(=O)(=O)c2nc3ccccc3c(=O)s2)[C@H](OC(C)=O)[C@H](OC(C)=O)[C@H]1OC(C)=O. The minimum Gasteiger partial charge on any atom is -0.463 e. The topological polar surface area (TPSA) is 179 Å². The first-order chi connectivity index (χ1) is 17.3. The largest absolute Gasteiger partial charge is 0.463 e. The Hall–Kier alpha value is -3.43. The third-order valence-corrected chi connectivity index (χ3v) is 8.20. The Kier molecular flexibility index (Phi) is 8.60. The highest BCUT2D eigenvalue weighted by Crippen LogP contribution is 2.34. The van der Waals surface area contributed by atoms with Crippen LogP contribution in [0.4, 0.5) is 0 Å². The fourth-order valence-corrected chi connectivity index (χ4v) is 6.50. The van der Waals surface area contributed by atoms with Gasteiger partial charge in [0.1, 0.15) is 12.7 Å². The summed E-state index contributed by atoms with van der Waals surface area (Å²) in [6.45, 7) is 3.50. The summed E-state index contributed by atoms with van der Waals surface area (Å²) in [5, 5.41) is 0.188. The molecular formula is C22H23NO12S2. The zero-order chi connectivity index (χ0) is 27.5. The van der Waals surface area contributed by atoms with Gasteiger partial charge in [-0.1, -0.05) is 23.5 Å². The van der Waals surface area contributed by atoms with Gasteiger partial charge in [0.05, 0.1) is 10.9 Å². The van der Waals surface area contributed by atoms with Crippen LogP contribution in [0.5, 0.6) is 0 Å². The zero-order valence-corrected chi connectivity index (χ0v) is 21.7. The number of ether oxygens (including phenoxy) is 5. The molecule has 2 aromatic rings. The van der Waals surface area contributed by atoms with Crippen molar-refractivity contribution in [1.29, 1.82) is 0 Å². The van der Waals surface area contributed by atoms with E-state index in [9.17, 15) is 32.4 Å². The van der Waals surface area contributed by atoms with E-state index in [0.29, 0.717) is 11.3 Å². The third-order valence-electron chi connectivity index (χ3n) is 5.01. The Morgan fingerprint density at radius 1 is 0.892 bits per heavy atom. The second kappa shape index (κ2) is 11.3. The molecule has 0 aliphatic carbocycles. The summed E-state index contributed by atoms with van der Waals surface area (Å²) in [7, 11) is -4.73. The number of hydrogen-bond acceptors (Lipinski definition) is 14. The number of sulfone groups is 1. The van der Waals surface area contributed by atoms with Crippen LogP contribution >= 0.6 is 11.3 Å². The summed E-state index contributed by atoms with van der Waals surface area (Å²) in [5.41, 5.74) is -1.99. The summed E-state index contributed by atoms with van der Waals surface area (Å²) >= 11 is 0.321. The number of carbonyl (C=O) groups is 4. The van der Waals surface area contributed by atoms with Gasteiger partial charge in [0, 0.05) is 27.7 Å². The molecule has 200 valence electrons. The molecule has 0 spiro atoms. The first kappa shape index (κ1) is 28.1. The van der Waals surface area contributed by atoms with Gasteiger partial charge in [-0.05, 0) is 12.1 Å². The van der Waals surface area contributed by atoms with E-state index in [4.69, 9.17) is 23.7 Å². The molecule has 13 nitrogen and oxygen atoms in total. The summed E-state index contributed by atoms with van der Waals surface area (Å²) < 4.78 is 52.6. The van der Waals surface area contributed by atoms with Crippen LogP contribution in [0.15, 0.2) is 33.4 Å². The van der Waals surface area contributed by atoms with Crippen LogP contribution in [0.2, 0.25) is 0 Å². The van der Waals surface area contributed by atoms with Gasteiger partial charge >= 0.3 is 23.9 Å². The Bertz CT molecular complexity index is 1390. The van der Waals surface area contributed by atoms with E-state index in [0.717, 1.165) is 27.7 Å². The number of nitrogens with zero attached hydrogens (tertiary/aromatic N) is 1. The van der Waals surface area contributed by atoms with Crippen molar-refractivity contribution in [2.75, 3.05) is 6.61 Å². The summed E-state index contributed by atoms with van der Waals surface area (Å²) in [6.07, 6.45) is -6.53. The van der Waals surface area contributed by atoms with E-state index >= 15 is 0 Å². The van der Waals surface area contributed by atoms with Gasteiger partial charge in [-0.25, -0.2) is 13.4 Å². The Morgan fingerprint density at radius 2 is 1.46 bits per heavy atom. The lowest BCUT2D eigenvalue weighted by molar-refractivity contribution is -0.238. The molecule has 0 unspecified atom stereocenters. The van der Waals surface area contributed by atoms with Gasteiger partial charge in [0.15, 0.2) is 18.3 Å². The molecule has 1 fully saturated rings. The normalized spacial score (nSPS) is 23.6. The van der Waals surface area contributed by atoms with Crippen LogP contribution in [0.1, 0.15) is 27.7 Å². The van der Waals surface area contributed by atoms with E-state index in [1.54, 1.807) is 12.1 Å². The first-order valence-corrected chi connectivity index (χ1v) is 13.1. The van der Waals surface area contributed by atoms with Crippen molar-refractivity contribution >= 4 is 56.0 Å². The second-order valence-electron chi connectivity index (χ2n) is 7.90. The molecule has 1 aliphatic heterocycles. The summed E-state index contributed by atoms with van der Waals surface area (Å²) in [4.78, 5) is 63.9. The highest BCUT2D eigenvalue weighted by atomic mass is 32.2. The molecule has 37 heavy (non-hydrogen) atoms. The molecule has 0 amide bonds. The minimum atomic E-state index is -4.73. The van der Waals surface area contributed by atoms with Crippen LogP contribution in [0.3, 0.4) is 0 Å².